The van der Waals surface area contributed by atoms with Crippen LogP contribution in [0.5, 0.6) is 5.75 Å². The monoisotopic (exact) mass is 538 g/mol. The molecule has 0 amide bonds. The lowest BCUT2D eigenvalue weighted by Gasteiger charge is -2.14. The number of pyridine rings is 1. The summed E-state index contributed by atoms with van der Waals surface area (Å²) in [6.45, 7) is 7.62. The molecule has 9 heteroatoms. The van der Waals surface area contributed by atoms with Crippen LogP contribution < -0.4 is 15.4 Å². The Balaban J connectivity index is 0.00000341. The highest BCUT2D eigenvalue weighted by Crippen LogP contribution is 2.19. The minimum atomic E-state index is -0.686. The largest absolute Gasteiger partial charge is 0.491 e. The molecule has 0 aliphatic heterocycles. The van der Waals surface area contributed by atoms with Gasteiger partial charge in [-0.25, -0.2) is 0 Å². The van der Waals surface area contributed by atoms with Crippen molar-refractivity contribution in [1.29, 1.82) is 0 Å². The van der Waals surface area contributed by atoms with E-state index in [9.17, 15) is 5.11 Å². The molecule has 0 aliphatic rings. The maximum absolute atomic E-state index is 10.5. The second-order valence-electron chi connectivity index (χ2n) is 7.19. The average Bonchev–Trinajstić information content (AvgIpc) is 3.15. The van der Waals surface area contributed by atoms with E-state index in [4.69, 9.17) is 4.74 Å². The SMILES string of the molecule is CCNC(=NCC(O)c1ccc(OC(C)C)cc1)NCCc1nnc2ccccn12.I. The molecule has 168 valence electrons. The van der Waals surface area contributed by atoms with E-state index in [0.717, 1.165) is 29.3 Å². The maximum Gasteiger partial charge on any atom is 0.191 e. The van der Waals surface area contributed by atoms with Gasteiger partial charge in [-0.15, -0.1) is 34.2 Å². The van der Waals surface area contributed by atoms with Crippen LogP contribution in [0.25, 0.3) is 5.65 Å². The first kappa shape index (κ1) is 24.9. The third-order valence-corrected chi connectivity index (χ3v) is 4.43. The summed E-state index contributed by atoms with van der Waals surface area (Å²) in [4.78, 5) is 4.51. The summed E-state index contributed by atoms with van der Waals surface area (Å²) in [7, 11) is 0. The Kier molecular flexibility index (Phi) is 9.99. The summed E-state index contributed by atoms with van der Waals surface area (Å²) in [6.07, 6.45) is 2.09. The van der Waals surface area contributed by atoms with Gasteiger partial charge in [0.15, 0.2) is 11.6 Å². The second-order valence-corrected chi connectivity index (χ2v) is 7.19. The van der Waals surface area contributed by atoms with Crippen LogP contribution in [0, 0.1) is 0 Å². The highest BCUT2D eigenvalue weighted by molar-refractivity contribution is 14.0. The van der Waals surface area contributed by atoms with Crippen molar-refractivity contribution in [3.8, 4) is 5.75 Å². The van der Waals surface area contributed by atoms with Crippen LogP contribution in [-0.4, -0.2) is 51.4 Å². The molecule has 0 bridgehead atoms. The number of aliphatic imine (C=N–C) groups is 1. The number of halogens is 1. The van der Waals surface area contributed by atoms with Gasteiger partial charge in [0.1, 0.15) is 11.6 Å². The summed E-state index contributed by atoms with van der Waals surface area (Å²) in [5.74, 6) is 2.34. The van der Waals surface area contributed by atoms with E-state index in [1.165, 1.54) is 0 Å². The number of nitrogens with zero attached hydrogens (tertiary/aromatic N) is 4. The Labute approximate surface area is 200 Å². The predicted octanol–water partition coefficient (Wildman–Crippen LogP) is 2.97. The summed E-state index contributed by atoms with van der Waals surface area (Å²) < 4.78 is 7.61. The fourth-order valence-corrected chi connectivity index (χ4v) is 3.02. The Morgan fingerprint density at radius 3 is 2.61 bits per heavy atom. The van der Waals surface area contributed by atoms with Crippen LogP contribution in [0.1, 0.15) is 38.3 Å². The van der Waals surface area contributed by atoms with Gasteiger partial charge in [0.05, 0.1) is 18.8 Å². The third kappa shape index (κ3) is 7.35. The zero-order valence-corrected chi connectivity index (χ0v) is 20.5. The number of hydrogen-bond donors (Lipinski definition) is 3. The molecule has 1 unspecified atom stereocenters. The van der Waals surface area contributed by atoms with Crippen LogP contribution in [0.15, 0.2) is 53.7 Å². The average molecular weight is 538 g/mol. The molecule has 31 heavy (non-hydrogen) atoms. The summed E-state index contributed by atoms with van der Waals surface area (Å²) in [5.41, 5.74) is 1.64. The lowest BCUT2D eigenvalue weighted by atomic mass is 10.1. The first-order chi connectivity index (χ1) is 14.6. The maximum atomic E-state index is 10.5. The molecule has 0 radical (unpaired) electrons. The normalized spacial score (nSPS) is 12.5. The number of ether oxygens (including phenoxy) is 1. The molecule has 0 fully saturated rings. The van der Waals surface area contributed by atoms with Gasteiger partial charge >= 0.3 is 0 Å². The second kappa shape index (κ2) is 12.5. The van der Waals surface area contributed by atoms with Crippen LogP contribution in [0.3, 0.4) is 0 Å². The minimum Gasteiger partial charge on any atom is -0.491 e. The Bertz CT molecular complexity index is 958. The Morgan fingerprint density at radius 1 is 1.13 bits per heavy atom. The van der Waals surface area contributed by atoms with Gasteiger partial charge in [-0.1, -0.05) is 18.2 Å². The zero-order valence-electron chi connectivity index (χ0n) is 18.2. The van der Waals surface area contributed by atoms with E-state index in [0.29, 0.717) is 18.9 Å². The van der Waals surface area contributed by atoms with Gasteiger partial charge in [0.25, 0.3) is 0 Å². The van der Waals surface area contributed by atoms with E-state index in [1.807, 2.05) is 73.8 Å². The third-order valence-electron chi connectivity index (χ3n) is 4.43. The lowest BCUT2D eigenvalue weighted by molar-refractivity contribution is 0.186. The molecule has 3 rings (SSSR count). The van der Waals surface area contributed by atoms with E-state index in [-0.39, 0.29) is 36.6 Å². The topological polar surface area (TPSA) is 96.1 Å². The number of aromatic nitrogens is 3. The number of aliphatic hydroxyl groups is 1. The summed E-state index contributed by atoms with van der Waals surface area (Å²) >= 11 is 0. The van der Waals surface area contributed by atoms with Crippen molar-refractivity contribution in [1.82, 2.24) is 25.2 Å². The van der Waals surface area contributed by atoms with E-state index in [2.05, 4.69) is 25.8 Å². The molecule has 3 N–H and O–H groups in total. The lowest BCUT2D eigenvalue weighted by Crippen LogP contribution is -2.38. The van der Waals surface area contributed by atoms with Gasteiger partial charge in [-0.05, 0) is 50.6 Å². The molecule has 8 nitrogen and oxygen atoms in total. The number of benzene rings is 1. The highest BCUT2D eigenvalue weighted by Gasteiger charge is 2.09. The fraction of sp³-hybridized carbons (Fsp3) is 0.409. The first-order valence-corrected chi connectivity index (χ1v) is 10.3. The summed E-state index contributed by atoms with van der Waals surface area (Å²) in [5, 5.41) is 25.4. The number of rotatable bonds is 9. The molecule has 1 aromatic carbocycles. The van der Waals surface area contributed by atoms with Crippen molar-refractivity contribution in [3.63, 3.8) is 0 Å². The van der Waals surface area contributed by atoms with Gasteiger partial charge in [0, 0.05) is 25.7 Å². The zero-order chi connectivity index (χ0) is 21.3. The molecule has 2 heterocycles. The van der Waals surface area contributed by atoms with Crippen molar-refractivity contribution >= 4 is 35.6 Å². The van der Waals surface area contributed by atoms with Gasteiger partial charge < -0.3 is 20.5 Å². The number of nitrogens with one attached hydrogen (secondary N) is 2. The molecule has 0 aliphatic carbocycles. The van der Waals surface area contributed by atoms with Crippen LogP contribution >= 0.6 is 24.0 Å². The van der Waals surface area contributed by atoms with Crippen LogP contribution in [-0.2, 0) is 6.42 Å². The molecule has 2 aromatic heterocycles. The quantitative estimate of drug-likeness (QED) is 0.220. The highest BCUT2D eigenvalue weighted by atomic mass is 127. The number of hydrogen-bond acceptors (Lipinski definition) is 5. The van der Waals surface area contributed by atoms with Gasteiger partial charge in [0.2, 0.25) is 0 Å². The molecule has 3 aromatic rings. The first-order valence-electron chi connectivity index (χ1n) is 10.3. The molecule has 0 saturated heterocycles. The van der Waals surface area contributed by atoms with Crippen molar-refractivity contribution in [2.75, 3.05) is 19.6 Å². The number of guanidine groups is 1. The van der Waals surface area contributed by atoms with E-state index < -0.39 is 6.10 Å². The molecule has 0 saturated carbocycles. The Morgan fingerprint density at radius 2 is 1.90 bits per heavy atom. The van der Waals surface area contributed by atoms with Crippen molar-refractivity contribution < 1.29 is 9.84 Å². The van der Waals surface area contributed by atoms with Gasteiger partial charge in [-0.3, -0.25) is 9.39 Å². The predicted molar refractivity (Wildman–Crippen MR) is 133 cm³/mol. The molecular weight excluding hydrogens is 507 g/mol. The fourth-order valence-electron chi connectivity index (χ4n) is 3.02. The van der Waals surface area contributed by atoms with E-state index in [1.54, 1.807) is 0 Å². The molecule has 0 spiro atoms. The molecule has 1 atom stereocenters. The number of aliphatic hydroxyl groups excluding tert-OH is 1. The van der Waals surface area contributed by atoms with Crippen LogP contribution in [0.2, 0.25) is 0 Å². The van der Waals surface area contributed by atoms with Crippen molar-refractivity contribution in [2.24, 2.45) is 4.99 Å². The van der Waals surface area contributed by atoms with Crippen LogP contribution in [0.4, 0.5) is 0 Å². The minimum absolute atomic E-state index is 0. The van der Waals surface area contributed by atoms with Crippen molar-refractivity contribution in [2.45, 2.75) is 39.4 Å². The van der Waals surface area contributed by atoms with E-state index >= 15 is 0 Å². The molecular formula is C22H31IN6O2. The van der Waals surface area contributed by atoms with Gasteiger partial charge in [-0.2, -0.15) is 0 Å². The smallest absolute Gasteiger partial charge is 0.191 e. The number of fused-ring (bicyclic) bond motifs is 1. The summed E-state index contributed by atoms with van der Waals surface area (Å²) in [6, 6.07) is 13.3. The van der Waals surface area contributed by atoms with Crippen molar-refractivity contribution in [3.05, 3.63) is 60.0 Å². The Hall–Kier alpha value is -2.40. The standard InChI is InChI=1S/C22H30N6O2.HI/c1-4-23-22(24-13-12-21-27-26-20-7-5-6-14-28(20)21)25-15-19(29)17-8-10-18(11-9-17)30-16(2)3;/h5-11,14,16,19,29H,4,12-13,15H2,1-3H3,(H2,23,24,25);1H.